The molecule has 0 rings (SSSR count). The summed E-state index contributed by atoms with van der Waals surface area (Å²) < 4.78 is 0. The molecule has 0 saturated carbocycles. The number of rotatable bonds is 9. The first-order chi connectivity index (χ1) is 6.70. The highest BCUT2D eigenvalue weighted by Gasteiger charge is 2.05. The van der Waals surface area contributed by atoms with Crippen LogP contribution in [0.3, 0.4) is 0 Å². The van der Waals surface area contributed by atoms with Crippen LogP contribution in [0.2, 0.25) is 0 Å². The van der Waals surface area contributed by atoms with Gasteiger partial charge in [0, 0.05) is 6.04 Å². The molecule has 0 aliphatic carbocycles. The average molecular weight is 199 g/mol. The molecule has 0 aliphatic heterocycles. The Balaban J connectivity index is 3.22. The van der Waals surface area contributed by atoms with Crippen molar-refractivity contribution in [3.63, 3.8) is 0 Å². The molecule has 0 fully saturated rings. The lowest BCUT2D eigenvalue weighted by molar-refractivity contribution is 0.408. The second-order valence-electron chi connectivity index (χ2n) is 4.66. The molecule has 1 N–H and O–H groups in total. The fourth-order valence-corrected chi connectivity index (χ4v) is 1.75. The zero-order valence-electron chi connectivity index (χ0n) is 10.6. The van der Waals surface area contributed by atoms with Crippen molar-refractivity contribution in [1.29, 1.82) is 0 Å². The SMILES string of the molecule is CCCCCCNC(C)CC(C)CC. The van der Waals surface area contributed by atoms with E-state index >= 15 is 0 Å². The molecule has 0 aromatic carbocycles. The Morgan fingerprint density at radius 1 is 1.00 bits per heavy atom. The topological polar surface area (TPSA) is 12.0 Å². The van der Waals surface area contributed by atoms with Crippen molar-refractivity contribution in [1.82, 2.24) is 5.32 Å². The molecular formula is C13H29N. The van der Waals surface area contributed by atoms with Crippen molar-refractivity contribution in [3.8, 4) is 0 Å². The van der Waals surface area contributed by atoms with Crippen LogP contribution in [0.1, 0.15) is 66.2 Å². The standard InChI is InChI=1S/C13H29N/c1-5-7-8-9-10-14-13(4)11-12(3)6-2/h12-14H,5-11H2,1-4H3. The van der Waals surface area contributed by atoms with E-state index in [1.165, 1.54) is 45.1 Å². The molecule has 14 heavy (non-hydrogen) atoms. The fraction of sp³-hybridized carbons (Fsp3) is 1.00. The summed E-state index contributed by atoms with van der Waals surface area (Å²) in [6.45, 7) is 10.4. The van der Waals surface area contributed by atoms with E-state index in [9.17, 15) is 0 Å². The number of hydrogen-bond donors (Lipinski definition) is 1. The molecule has 0 radical (unpaired) electrons. The molecule has 0 spiro atoms. The van der Waals surface area contributed by atoms with Crippen LogP contribution in [-0.2, 0) is 0 Å². The van der Waals surface area contributed by atoms with Gasteiger partial charge in [-0.05, 0) is 32.2 Å². The van der Waals surface area contributed by atoms with Crippen LogP contribution >= 0.6 is 0 Å². The maximum atomic E-state index is 3.61. The highest BCUT2D eigenvalue weighted by Crippen LogP contribution is 2.09. The smallest absolute Gasteiger partial charge is 0.00412 e. The van der Waals surface area contributed by atoms with Crippen molar-refractivity contribution in [2.45, 2.75) is 72.3 Å². The van der Waals surface area contributed by atoms with E-state index in [0.29, 0.717) is 6.04 Å². The zero-order valence-corrected chi connectivity index (χ0v) is 10.6. The van der Waals surface area contributed by atoms with Crippen molar-refractivity contribution >= 4 is 0 Å². The highest BCUT2D eigenvalue weighted by atomic mass is 14.9. The van der Waals surface area contributed by atoms with E-state index in [0.717, 1.165) is 5.92 Å². The molecule has 0 amide bonds. The van der Waals surface area contributed by atoms with Crippen LogP contribution in [0.4, 0.5) is 0 Å². The maximum absolute atomic E-state index is 3.61. The third-order valence-electron chi connectivity index (χ3n) is 2.98. The zero-order chi connectivity index (χ0) is 10.8. The van der Waals surface area contributed by atoms with Crippen molar-refractivity contribution in [2.75, 3.05) is 6.54 Å². The van der Waals surface area contributed by atoms with Gasteiger partial charge in [-0.2, -0.15) is 0 Å². The van der Waals surface area contributed by atoms with Gasteiger partial charge in [-0.25, -0.2) is 0 Å². The lowest BCUT2D eigenvalue weighted by Crippen LogP contribution is -2.28. The van der Waals surface area contributed by atoms with Crippen molar-refractivity contribution < 1.29 is 0 Å². The van der Waals surface area contributed by atoms with Gasteiger partial charge in [-0.3, -0.25) is 0 Å². The quantitative estimate of drug-likeness (QED) is 0.554. The first kappa shape index (κ1) is 14.0. The normalized spacial score (nSPS) is 15.4. The highest BCUT2D eigenvalue weighted by molar-refractivity contribution is 4.64. The first-order valence-corrected chi connectivity index (χ1v) is 6.44. The van der Waals surface area contributed by atoms with E-state index in [-0.39, 0.29) is 0 Å². The van der Waals surface area contributed by atoms with E-state index in [1.54, 1.807) is 0 Å². The van der Waals surface area contributed by atoms with Crippen LogP contribution in [0.15, 0.2) is 0 Å². The summed E-state index contributed by atoms with van der Waals surface area (Å²) in [5.74, 6) is 0.869. The molecule has 1 heteroatoms. The van der Waals surface area contributed by atoms with Gasteiger partial charge in [0.2, 0.25) is 0 Å². The van der Waals surface area contributed by atoms with Gasteiger partial charge in [0.25, 0.3) is 0 Å². The largest absolute Gasteiger partial charge is 0.314 e. The lowest BCUT2D eigenvalue weighted by Gasteiger charge is -2.17. The molecule has 1 nitrogen and oxygen atoms in total. The molecule has 0 bridgehead atoms. The summed E-state index contributed by atoms with van der Waals surface area (Å²) in [5, 5.41) is 3.61. The van der Waals surface area contributed by atoms with Gasteiger partial charge in [-0.15, -0.1) is 0 Å². The monoisotopic (exact) mass is 199 g/mol. The predicted molar refractivity (Wildman–Crippen MR) is 65.7 cm³/mol. The van der Waals surface area contributed by atoms with Crippen LogP contribution in [0.25, 0.3) is 0 Å². The molecule has 2 unspecified atom stereocenters. The van der Waals surface area contributed by atoms with Gasteiger partial charge in [0.1, 0.15) is 0 Å². The minimum Gasteiger partial charge on any atom is -0.314 e. The third kappa shape index (κ3) is 8.55. The second-order valence-corrected chi connectivity index (χ2v) is 4.66. The number of hydrogen-bond acceptors (Lipinski definition) is 1. The Kier molecular flexibility index (Phi) is 9.49. The Hall–Kier alpha value is -0.0400. The van der Waals surface area contributed by atoms with Gasteiger partial charge >= 0.3 is 0 Å². The van der Waals surface area contributed by atoms with E-state index < -0.39 is 0 Å². The Morgan fingerprint density at radius 2 is 1.71 bits per heavy atom. The summed E-state index contributed by atoms with van der Waals surface area (Å²) >= 11 is 0. The van der Waals surface area contributed by atoms with Crippen molar-refractivity contribution in [2.24, 2.45) is 5.92 Å². The van der Waals surface area contributed by atoms with Crippen LogP contribution in [0.5, 0.6) is 0 Å². The van der Waals surface area contributed by atoms with E-state index in [1.807, 2.05) is 0 Å². The molecule has 0 aromatic heterocycles. The Morgan fingerprint density at radius 3 is 2.29 bits per heavy atom. The van der Waals surface area contributed by atoms with Gasteiger partial charge in [0.05, 0.1) is 0 Å². The molecule has 0 aliphatic rings. The summed E-state index contributed by atoms with van der Waals surface area (Å²) in [4.78, 5) is 0. The summed E-state index contributed by atoms with van der Waals surface area (Å²) in [6.07, 6.45) is 8.09. The second kappa shape index (κ2) is 9.51. The molecule has 0 saturated heterocycles. The number of unbranched alkanes of at least 4 members (excludes halogenated alkanes) is 3. The molecular weight excluding hydrogens is 170 g/mol. The van der Waals surface area contributed by atoms with Crippen LogP contribution < -0.4 is 5.32 Å². The van der Waals surface area contributed by atoms with Crippen molar-refractivity contribution in [3.05, 3.63) is 0 Å². The maximum Gasteiger partial charge on any atom is 0.00412 e. The molecule has 0 aromatic rings. The van der Waals surface area contributed by atoms with Gasteiger partial charge < -0.3 is 5.32 Å². The summed E-state index contributed by atoms with van der Waals surface area (Å²) in [7, 11) is 0. The number of nitrogens with one attached hydrogen (secondary N) is 1. The molecule has 2 atom stereocenters. The van der Waals surface area contributed by atoms with Gasteiger partial charge in [0.15, 0.2) is 0 Å². The van der Waals surface area contributed by atoms with Crippen LogP contribution in [0, 0.1) is 5.92 Å². The van der Waals surface area contributed by atoms with Gasteiger partial charge in [-0.1, -0.05) is 46.5 Å². The lowest BCUT2D eigenvalue weighted by atomic mass is 10.0. The van der Waals surface area contributed by atoms with Crippen LogP contribution in [-0.4, -0.2) is 12.6 Å². The summed E-state index contributed by atoms with van der Waals surface area (Å²) in [6, 6.07) is 0.701. The summed E-state index contributed by atoms with van der Waals surface area (Å²) in [5.41, 5.74) is 0. The third-order valence-corrected chi connectivity index (χ3v) is 2.98. The minimum absolute atomic E-state index is 0.701. The Bertz CT molecular complexity index is 112. The Labute approximate surface area is 90.7 Å². The van der Waals surface area contributed by atoms with E-state index in [2.05, 4.69) is 33.0 Å². The molecule has 0 heterocycles. The minimum atomic E-state index is 0.701. The average Bonchev–Trinajstić information content (AvgIpc) is 2.17. The predicted octanol–water partition coefficient (Wildman–Crippen LogP) is 3.98. The molecule has 86 valence electrons. The van der Waals surface area contributed by atoms with E-state index in [4.69, 9.17) is 0 Å². The fourth-order valence-electron chi connectivity index (χ4n) is 1.75. The first-order valence-electron chi connectivity index (χ1n) is 6.44.